The predicted octanol–water partition coefficient (Wildman–Crippen LogP) is 2.96. The van der Waals surface area contributed by atoms with Crippen LogP contribution in [0.15, 0.2) is 10.5 Å². The van der Waals surface area contributed by atoms with Crippen LogP contribution >= 0.6 is 0 Å². The molecule has 2 aromatic heterocycles. The van der Waals surface area contributed by atoms with Crippen LogP contribution in [0.3, 0.4) is 0 Å². The van der Waals surface area contributed by atoms with Crippen molar-refractivity contribution in [3.05, 3.63) is 40.1 Å². The van der Waals surface area contributed by atoms with Crippen molar-refractivity contribution in [3.63, 3.8) is 0 Å². The average Bonchev–Trinajstić information content (AvgIpc) is 3.14. The monoisotopic (exact) mass is 402 g/mol. The van der Waals surface area contributed by atoms with E-state index in [0.717, 1.165) is 49.0 Å². The molecule has 3 rings (SSSR count). The molecule has 2 aromatic rings. The summed E-state index contributed by atoms with van der Waals surface area (Å²) in [5.74, 6) is 1.50. The Labute approximate surface area is 173 Å². The highest BCUT2D eigenvalue weighted by molar-refractivity contribution is 5.97. The highest BCUT2D eigenvalue weighted by Gasteiger charge is 2.31. The van der Waals surface area contributed by atoms with Crippen molar-refractivity contribution in [2.24, 2.45) is 0 Å². The minimum Gasteiger partial charge on any atom is -0.465 e. The smallest absolute Gasteiger partial charge is 0.255 e. The predicted molar refractivity (Wildman–Crippen MR) is 112 cm³/mol. The zero-order valence-electron chi connectivity index (χ0n) is 18.6. The van der Waals surface area contributed by atoms with Gasteiger partial charge in [0, 0.05) is 42.9 Å². The molecule has 7 heteroatoms. The van der Waals surface area contributed by atoms with E-state index in [0.29, 0.717) is 31.0 Å². The summed E-state index contributed by atoms with van der Waals surface area (Å²) >= 11 is 0. The summed E-state index contributed by atoms with van der Waals surface area (Å²) in [5, 5.41) is 7.52. The number of nitrogens with one attached hydrogen (secondary N) is 1. The fourth-order valence-electron chi connectivity index (χ4n) is 3.89. The van der Waals surface area contributed by atoms with E-state index in [1.807, 2.05) is 31.5 Å². The SMILES string of the molecule is Cc1cc(C)n(CCNC(=O)c2c(C)oc(C(C)(C)C)c2CN2CCOCC2)n1. The van der Waals surface area contributed by atoms with E-state index >= 15 is 0 Å². The number of carbonyl (C=O) groups is 1. The molecule has 0 spiro atoms. The minimum absolute atomic E-state index is 0.0773. The molecule has 0 unspecified atom stereocenters. The Kier molecular flexibility index (Phi) is 6.49. The second kappa shape index (κ2) is 8.71. The standard InChI is InChI=1S/C22H34N4O3/c1-15-13-16(2)26(24-15)8-7-23-21(27)19-17(3)29-20(22(4,5)6)18(19)14-25-9-11-28-12-10-25/h13H,7-12,14H2,1-6H3,(H,23,27). The largest absolute Gasteiger partial charge is 0.465 e. The van der Waals surface area contributed by atoms with Gasteiger partial charge in [0.05, 0.1) is 31.0 Å². The number of rotatable bonds is 6. The Balaban J connectivity index is 1.78. The molecule has 0 atom stereocenters. The fourth-order valence-corrected chi connectivity index (χ4v) is 3.89. The van der Waals surface area contributed by atoms with E-state index in [1.54, 1.807) is 0 Å². The van der Waals surface area contributed by atoms with Gasteiger partial charge < -0.3 is 14.5 Å². The molecule has 1 amide bonds. The third-order valence-electron chi connectivity index (χ3n) is 5.29. The number of carbonyl (C=O) groups excluding carboxylic acids is 1. The van der Waals surface area contributed by atoms with Crippen molar-refractivity contribution in [2.75, 3.05) is 32.8 Å². The van der Waals surface area contributed by atoms with Gasteiger partial charge in [0.15, 0.2) is 0 Å². The van der Waals surface area contributed by atoms with Crippen LogP contribution in [0, 0.1) is 20.8 Å². The number of ether oxygens (including phenoxy) is 1. The number of hydrogen-bond acceptors (Lipinski definition) is 5. The van der Waals surface area contributed by atoms with Crippen molar-refractivity contribution in [3.8, 4) is 0 Å². The number of morpholine rings is 1. The first-order valence-electron chi connectivity index (χ1n) is 10.4. The maximum absolute atomic E-state index is 13.1. The molecular weight excluding hydrogens is 368 g/mol. The van der Waals surface area contributed by atoms with Crippen molar-refractivity contribution < 1.29 is 13.9 Å². The van der Waals surface area contributed by atoms with E-state index < -0.39 is 0 Å². The first-order valence-corrected chi connectivity index (χ1v) is 10.4. The molecule has 160 valence electrons. The zero-order valence-corrected chi connectivity index (χ0v) is 18.6. The molecule has 7 nitrogen and oxygen atoms in total. The highest BCUT2D eigenvalue weighted by Crippen LogP contribution is 2.33. The molecule has 3 heterocycles. The lowest BCUT2D eigenvalue weighted by Gasteiger charge is -2.28. The highest BCUT2D eigenvalue weighted by atomic mass is 16.5. The third kappa shape index (κ3) is 5.08. The molecule has 0 bridgehead atoms. The number of aromatic nitrogens is 2. The molecule has 1 aliphatic heterocycles. The van der Waals surface area contributed by atoms with Crippen LogP contribution in [0.25, 0.3) is 0 Å². The molecule has 29 heavy (non-hydrogen) atoms. The van der Waals surface area contributed by atoms with Crippen molar-refractivity contribution in [1.29, 1.82) is 0 Å². The van der Waals surface area contributed by atoms with Gasteiger partial charge in [0.2, 0.25) is 0 Å². The summed E-state index contributed by atoms with van der Waals surface area (Å²) in [6.45, 7) is 17.3. The van der Waals surface area contributed by atoms with Gasteiger partial charge in [-0.3, -0.25) is 14.4 Å². The van der Waals surface area contributed by atoms with Gasteiger partial charge >= 0.3 is 0 Å². The molecule has 1 fully saturated rings. The lowest BCUT2D eigenvalue weighted by molar-refractivity contribution is 0.0337. The van der Waals surface area contributed by atoms with E-state index in [-0.39, 0.29) is 11.3 Å². The fraction of sp³-hybridized carbons (Fsp3) is 0.636. The quantitative estimate of drug-likeness (QED) is 0.804. The lowest BCUT2D eigenvalue weighted by atomic mass is 9.88. The normalized spacial score (nSPS) is 15.7. The summed E-state index contributed by atoms with van der Waals surface area (Å²) < 4.78 is 13.5. The van der Waals surface area contributed by atoms with Gasteiger partial charge in [0.25, 0.3) is 5.91 Å². The number of hydrogen-bond donors (Lipinski definition) is 1. The van der Waals surface area contributed by atoms with E-state index in [1.165, 1.54) is 0 Å². The van der Waals surface area contributed by atoms with Crippen LogP contribution < -0.4 is 5.32 Å². The summed E-state index contributed by atoms with van der Waals surface area (Å²) in [6.07, 6.45) is 0. The topological polar surface area (TPSA) is 72.5 Å². The molecule has 0 saturated carbocycles. The molecule has 1 N–H and O–H groups in total. The maximum atomic E-state index is 13.1. The van der Waals surface area contributed by atoms with Gasteiger partial charge in [-0.25, -0.2) is 0 Å². The summed E-state index contributed by atoms with van der Waals surface area (Å²) in [4.78, 5) is 15.4. The van der Waals surface area contributed by atoms with Crippen molar-refractivity contribution in [1.82, 2.24) is 20.0 Å². The first-order chi connectivity index (χ1) is 13.7. The summed E-state index contributed by atoms with van der Waals surface area (Å²) in [7, 11) is 0. The van der Waals surface area contributed by atoms with Gasteiger partial charge in [-0.05, 0) is 26.8 Å². The molecular formula is C22H34N4O3. The van der Waals surface area contributed by atoms with Crippen molar-refractivity contribution in [2.45, 2.75) is 60.0 Å². The van der Waals surface area contributed by atoms with E-state index in [4.69, 9.17) is 9.15 Å². The maximum Gasteiger partial charge on any atom is 0.255 e. The Morgan fingerprint density at radius 2 is 1.90 bits per heavy atom. The third-order valence-corrected chi connectivity index (χ3v) is 5.29. The van der Waals surface area contributed by atoms with Crippen LogP contribution in [0.4, 0.5) is 0 Å². The van der Waals surface area contributed by atoms with Gasteiger partial charge in [0.1, 0.15) is 11.5 Å². The number of furan rings is 1. The number of nitrogens with zero attached hydrogens (tertiary/aromatic N) is 3. The van der Waals surface area contributed by atoms with Gasteiger partial charge in [-0.1, -0.05) is 20.8 Å². The van der Waals surface area contributed by atoms with Crippen LogP contribution in [-0.4, -0.2) is 53.4 Å². The second-order valence-corrected chi connectivity index (χ2v) is 8.89. The second-order valence-electron chi connectivity index (χ2n) is 8.89. The molecule has 0 aromatic carbocycles. The molecule has 0 radical (unpaired) electrons. The summed E-state index contributed by atoms with van der Waals surface area (Å²) in [5.41, 5.74) is 3.59. The Hall–Kier alpha value is -2.12. The molecule has 1 aliphatic rings. The van der Waals surface area contributed by atoms with E-state index in [9.17, 15) is 4.79 Å². The number of amides is 1. The average molecular weight is 403 g/mol. The molecule has 0 aliphatic carbocycles. The van der Waals surface area contributed by atoms with E-state index in [2.05, 4.69) is 36.1 Å². The Morgan fingerprint density at radius 3 is 2.48 bits per heavy atom. The Bertz CT molecular complexity index is 854. The lowest BCUT2D eigenvalue weighted by Crippen LogP contribution is -2.37. The van der Waals surface area contributed by atoms with Crippen LogP contribution in [0.5, 0.6) is 0 Å². The molecule has 1 saturated heterocycles. The summed E-state index contributed by atoms with van der Waals surface area (Å²) in [6, 6.07) is 2.04. The van der Waals surface area contributed by atoms with Crippen molar-refractivity contribution >= 4 is 5.91 Å². The van der Waals surface area contributed by atoms with Crippen LogP contribution in [0.2, 0.25) is 0 Å². The van der Waals surface area contributed by atoms with Crippen LogP contribution in [0.1, 0.15) is 59.6 Å². The minimum atomic E-state index is -0.172. The number of aryl methyl sites for hydroxylation is 3. The van der Waals surface area contributed by atoms with Gasteiger partial charge in [-0.15, -0.1) is 0 Å². The van der Waals surface area contributed by atoms with Gasteiger partial charge in [-0.2, -0.15) is 5.10 Å². The first kappa shape index (κ1) is 21.6. The Morgan fingerprint density at radius 1 is 1.21 bits per heavy atom. The zero-order chi connectivity index (χ0) is 21.2. The van der Waals surface area contributed by atoms with Crippen LogP contribution in [-0.2, 0) is 23.2 Å².